The van der Waals surface area contributed by atoms with E-state index < -0.39 is 5.92 Å². The molecule has 18 heavy (non-hydrogen) atoms. The van der Waals surface area contributed by atoms with E-state index >= 15 is 0 Å². The Hall–Kier alpha value is -1.04. The summed E-state index contributed by atoms with van der Waals surface area (Å²) in [6.45, 7) is 1.24. The smallest absolute Gasteiger partial charge is 0.248 e. The van der Waals surface area contributed by atoms with Gasteiger partial charge in [-0.3, -0.25) is 4.68 Å². The highest BCUT2D eigenvalue weighted by Gasteiger charge is 2.39. The van der Waals surface area contributed by atoms with Crippen LogP contribution in [-0.4, -0.2) is 27.5 Å². The number of unbranched alkanes of at least 4 members (excludes halogenated alkanes) is 1. The lowest BCUT2D eigenvalue weighted by Crippen LogP contribution is -2.13. The van der Waals surface area contributed by atoms with Gasteiger partial charge in [-0.2, -0.15) is 0 Å². The molecule has 0 aromatic carbocycles. The highest BCUT2D eigenvalue weighted by molar-refractivity contribution is 4.93. The van der Waals surface area contributed by atoms with Crippen LogP contribution in [0.25, 0.3) is 0 Å². The van der Waals surface area contributed by atoms with Crippen LogP contribution in [0.3, 0.4) is 0 Å². The molecule has 0 saturated heterocycles. The molecule has 1 saturated carbocycles. The van der Waals surface area contributed by atoms with E-state index in [0.717, 1.165) is 25.0 Å². The van der Waals surface area contributed by atoms with Crippen molar-refractivity contribution in [3.05, 3.63) is 11.9 Å². The summed E-state index contributed by atoms with van der Waals surface area (Å²) in [4.78, 5) is 0. The van der Waals surface area contributed by atoms with Gasteiger partial charge in [-0.05, 0) is 38.1 Å². The molecule has 0 amide bonds. The molecule has 0 aliphatic heterocycles. The Kier molecular flexibility index (Phi) is 4.27. The Morgan fingerprint density at radius 2 is 2.28 bits per heavy atom. The zero-order valence-electron chi connectivity index (χ0n) is 10.5. The second-order valence-corrected chi connectivity index (χ2v) is 5.14. The quantitative estimate of drug-likeness (QED) is 0.794. The number of alkyl halides is 2. The molecule has 0 bridgehead atoms. The maximum atomic E-state index is 13.1. The van der Waals surface area contributed by atoms with Crippen LogP contribution in [0.5, 0.6) is 0 Å². The van der Waals surface area contributed by atoms with Gasteiger partial charge in [-0.15, -0.1) is 5.10 Å². The summed E-state index contributed by atoms with van der Waals surface area (Å²) in [6.07, 6.45) is 5.27. The van der Waals surface area contributed by atoms with Crippen LogP contribution in [0.15, 0.2) is 6.20 Å². The molecule has 6 heteroatoms. The van der Waals surface area contributed by atoms with Gasteiger partial charge in [0, 0.05) is 25.6 Å². The lowest BCUT2D eigenvalue weighted by atomic mass is 10.1. The van der Waals surface area contributed by atoms with Crippen molar-refractivity contribution in [2.75, 3.05) is 6.54 Å². The number of nitrogens with zero attached hydrogens (tertiary/aromatic N) is 3. The molecule has 1 atom stereocenters. The molecule has 1 aromatic heterocycles. The third-order valence-corrected chi connectivity index (χ3v) is 3.42. The van der Waals surface area contributed by atoms with Gasteiger partial charge in [-0.25, -0.2) is 8.78 Å². The van der Waals surface area contributed by atoms with Crippen LogP contribution < -0.4 is 5.73 Å². The van der Waals surface area contributed by atoms with E-state index in [-0.39, 0.29) is 18.8 Å². The summed E-state index contributed by atoms with van der Waals surface area (Å²) in [5, 5.41) is 8.05. The van der Waals surface area contributed by atoms with E-state index in [1.54, 1.807) is 4.68 Å². The average molecular weight is 258 g/mol. The first-order valence-corrected chi connectivity index (χ1v) is 6.56. The Balaban J connectivity index is 1.80. The van der Waals surface area contributed by atoms with E-state index in [1.807, 2.05) is 6.20 Å². The first-order chi connectivity index (χ1) is 8.59. The summed E-state index contributed by atoms with van der Waals surface area (Å²) in [6, 6.07) is 0. The summed E-state index contributed by atoms with van der Waals surface area (Å²) >= 11 is 0. The van der Waals surface area contributed by atoms with Crippen LogP contribution in [0.4, 0.5) is 8.78 Å². The number of halogens is 2. The fourth-order valence-electron chi connectivity index (χ4n) is 2.45. The Morgan fingerprint density at radius 3 is 2.94 bits per heavy atom. The predicted molar refractivity (Wildman–Crippen MR) is 64.3 cm³/mol. The topological polar surface area (TPSA) is 56.7 Å². The van der Waals surface area contributed by atoms with Crippen molar-refractivity contribution in [1.29, 1.82) is 0 Å². The number of hydrogen-bond donors (Lipinski definition) is 1. The van der Waals surface area contributed by atoms with Gasteiger partial charge in [-0.1, -0.05) is 5.21 Å². The maximum absolute atomic E-state index is 13.1. The maximum Gasteiger partial charge on any atom is 0.248 e. The normalized spacial score (nSPS) is 22.5. The molecule has 1 aliphatic carbocycles. The number of aryl methyl sites for hydroxylation is 1. The van der Waals surface area contributed by atoms with Crippen LogP contribution in [0.2, 0.25) is 0 Å². The van der Waals surface area contributed by atoms with Gasteiger partial charge in [0.25, 0.3) is 0 Å². The molecule has 1 fully saturated rings. The second kappa shape index (κ2) is 5.73. The molecule has 1 aliphatic rings. The predicted octanol–water partition coefficient (Wildman–Crippen LogP) is 1.99. The summed E-state index contributed by atoms with van der Waals surface area (Å²) < 4.78 is 27.8. The molecule has 1 unspecified atom stereocenters. The van der Waals surface area contributed by atoms with Crippen LogP contribution in [-0.2, 0) is 13.0 Å². The average Bonchev–Trinajstić information content (AvgIpc) is 2.87. The van der Waals surface area contributed by atoms with E-state index in [2.05, 4.69) is 10.3 Å². The molecule has 4 nitrogen and oxygen atoms in total. The largest absolute Gasteiger partial charge is 0.330 e. The van der Waals surface area contributed by atoms with Gasteiger partial charge >= 0.3 is 0 Å². The van der Waals surface area contributed by atoms with E-state index in [4.69, 9.17) is 5.73 Å². The second-order valence-electron chi connectivity index (χ2n) is 5.14. The molecule has 1 aromatic rings. The van der Waals surface area contributed by atoms with E-state index in [9.17, 15) is 8.78 Å². The molecule has 1 heterocycles. The third-order valence-electron chi connectivity index (χ3n) is 3.42. The molecule has 2 rings (SSSR count). The van der Waals surface area contributed by atoms with Crippen molar-refractivity contribution < 1.29 is 8.78 Å². The van der Waals surface area contributed by atoms with Gasteiger partial charge in [0.1, 0.15) is 0 Å². The Labute approximate surface area is 106 Å². The molecular formula is C12H20F2N4. The summed E-state index contributed by atoms with van der Waals surface area (Å²) in [5.74, 6) is -2.45. The van der Waals surface area contributed by atoms with Crippen molar-refractivity contribution in [2.45, 2.75) is 51.0 Å². The van der Waals surface area contributed by atoms with Crippen LogP contribution in [0, 0.1) is 5.92 Å². The first kappa shape index (κ1) is 13.4. The SMILES string of the molecule is NCCCCc1cn(CC2CCC(F)(F)C2)nn1. The van der Waals surface area contributed by atoms with Gasteiger partial charge in [0.05, 0.1) is 5.69 Å². The fraction of sp³-hybridized carbons (Fsp3) is 0.833. The molecule has 102 valence electrons. The van der Waals surface area contributed by atoms with Gasteiger partial charge in [0.2, 0.25) is 5.92 Å². The molecule has 0 spiro atoms. The molecular weight excluding hydrogens is 238 g/mol. The minimum absolute atomic E-state index is 0.00964. The fourth-order valence-corrected chi connectivity index (χ4v) is 2.45. The highest BCUT2D eigenvalue weighted by atomic mass is 19.3. The van der Waals surface area contributed by atoms with Gasteiger partial charge in [0.15, 0.2) is 0 Å². The number of rotatable bonds is 6. The monoisotopic (exact) mass is 258 g/mol. The minimum Gasteiger partial charge on any atom is -0.330 e. The molecule has 2 N–H and O–H groups in total. The van der Waals surface area contributed by atoms with Crippen molar-refractivity contribution in [1.82, 2.24) is 15.0 Å². The zero-order valence-corrected chi connectivity index (χ0v) is 10.5. The third kappa shape index (κ3) is 3.73. The lowest BCUT2D eigenvalue weighted by Gasteiger charge is -2.09. The van der Waals surface area contributed by atoms with Crippen molar-refractivity contribution in [2.24, 2.45) is 11.7 Å². The van der Waals surface area contributed by atoms with Crippen LogP contribution >= 0.6 is 0 Å². The minimum atomic E-state index is -2.48. The van der Waals surface area contributed by atoms with E-state index in [0.29, 0.717) is 19.5 Å². The van der Waals surface area contributed by atoms with Crippen molar-refractivity contribution >= 4 is 0 Å². The Morgan fingerprint density at radius 1 is 1.44 bits per heavy atom. The summed E-state index contributed by atoms with van der Waals surface area (Å²) in [7, 11) is 0. The lowest BCUT2D eigenvalue weighted by molar-refractivity contribution is 0.00420. The van der Waals surface area contributed by atoms with Gasteiger partial charge < -0.3 is 5.73 Å². The number of nitrogens with two attached hydrogens (primary N) is 1. The molecule has 0 radical (unpaired) electrons. The van der Waals surface area contributed by atoms with E-state index in [1.165, 1.54) is 0 Å². The zero-order chi connectivity index (χ0) is 13.0. The van der Waals surface area contributed by atoms with Crippen LogP contribution in [0.1, 0.15) is 37.8 Å². The first-order valence-electron chi connectivity index (χ1n) is 6.56. The summed E-state index contributed by atoms with van der Waals surface area (Å²) in [5.41, 5.74) is 6.34. The number of aromatic nitrogens is 3. The van der Waals surface area contributed by atoms with Crippen molar-refractivity contribution in [3.8, 4) is 0 Å². The number of hydrogen-bond acceptors (Lipinski definition) is 3. The standard InChI is InChI=1S/C12H20F2N4/c13-12(14)5-4-10(7-12)8-18-9-11(16-17-18)3-1-2-6-15/h9-10H,1-8,15H2. The Bertz CT molecular complexity index is 378. The highest BCUT2D eigenvalue weighted by Crippen LogP contribution is 2.39. The van der Waals surface area contributed by atoms with Crippen molar-refractivity contribution in [3.63, 3.8) is 0 Å².